The molecular formula is C19H19F3N6O2. The van der Waals surface area contributed by atoms with Crippen LogP contribution in [0.25, 0.3) is 5.69 Å². The SMILES string of the molecule is C[C@@H]1CCC(c2noc(CC(F)(F)F)n2)CN1C(=O)c1ccccc1-n1nccn1. The first-order valence-electron chi connectivity index (χ1n) is 9.48. The number of carbonyl (C=O) groups is 1. The highest BCUT2D eigenvalue weighted by Gasteiger charge is 2.35. The van der Waals surface area contributed by atoms with Gasteiger partial charge in [-0.1, -0.05) is 17.3 Å². The van der Waals surface area contributed by atoms with Crippen molar-refractivity contribution in [3.05, 3.63) is 53.9 Å². The number of piperidine rings is 1. The number of aromatic nitrogens is 5. The molecule has 4 rings (SSSR count). The van der Waals surface area contributed by atoms with E-state index in [0.717, 1.165) is 0 Å². The van der Waals surface area contributed by atoms with E-state index in [4.69, 9.17) is 4.52 Å². The Bertz CT molecular complexity index is 1020. The summed E-state index contributed by atoms with van der Waals surface area (Å²) in [5, 5.41) is 11.9. The van der Waals surface area contributed by atoms with Crippen LogP contribution in [0.15, 0.2) is 41.2 Å². The van der Waals surface area contributed by atoms with Crippen LogP contribution < -0.4 is 0 Å². The van der Waals surface area contributed by atoms with Crippen LogP contribution in [0.2, 0.25) is 0 Å². The van der Waals surface area contributed by atoms with Gasteiger partial charge in [0.15, 0.2) is 5.82 Å². The molecule has 30 heavy (non-hydrogen) atoms. The zero-order chi connectivity index (χ0) is 21.3. The summed E-state index contributed by atoms with van der Waals surface area (Å²) in [6.07, 6.45) is -1.32. The molecule has 3 heterocycles. The lowest BCUT2D eigenvalue weighted by atomic mass is 9.92. The quantitative estimate of drug-likeness (QED) is 0.644. The first kappa shape index (κ1) is 20.0. The van der Waals surface area contributed by atoms with Gasteiger partial charge in [-0.2, -0.15) is 33.1 Å². The van der Waals surface area contributed by atoms with Crippen molar-refractivity contribution in [1.29, 1.82) is 0 Å². The highest BCUT2D eigenvalue weighted by Crippen LogP contribution is 2.31. The van der Waals surface area contributed by atoms with Crippen molar-refractivity contribution in [3.63, 3.8) is 0 Å². The van der Waals surface area contributed by atoms with E-state index >= 15 is 0 Å². The molecule has 0 radical (unpaired) electrons. The molecule has 3 aromatic rings. The van der Waals surface area contributed by atoms with Gasteiger partial charge >= 0.3 is 6.18 Å². The molecule has 0 N–H and O–H groups in total. The van der Waals surface area contributed by atoms with Crippen LogP contribution in [-0.4, -0.2) is 54.7 Å². The van der Waals surface area contributed by atoms with E-state index in [1.54, 1.807) is 29.2 Å². The highest BCUT2D eigenvalue weighted by atomic mass is 19.4. The molecule has 0 bridgehead atoms. The molecule has 1 amide bonds. The van der Waals surface area contributed by atoms with Gasteiger partial charge in [-0.05, 0) is 31.9 Å². The number of benzene rings is 1. The fourth-order valence-corrected chi connectivity index (χ4v) is 3.60. The number of likely N-dealkylation sites (tertiary alicyclic amines) is 1. The number of rotatable bonds is 4. The van der Waals surface area contributed by atoms with Crippen molar-refractivity contribution >= 4 is 5.91 Å². The normalized spacial score (nSPS) is 19.8. The van der Waals surface area contributed by atoms with Crippen LogP contribution in [0, 0.1) is 0 Å². The van der Waals surface area contributed by atoms with Crippen LogP contribution in [0.5, 0.6) is 0 Å². The fourth-order valence-electron chi connectivity index (χ4n) is 3.60. The Morgan fingerprint density at radius 1 is 1.20 bits per heavy atom. The zero-order valence-corrected chi connectivity index (χ0v) is 16.1. The molecule has 0 saturated carbocycles. The maximum absolute atomic E-state index is 13.3. The Labute approximate surface area is 169 Å². The van der Waals surface area contributed by atoms with E-state index < -0.39 is 18.5 Å². The van der Waals surface area contributed by atoms with E-state index in [-0.39, 0.29) is 30.2 Å². The van der Waals surface area contributed by atoms with E-state index in [1.165, 1.54) is 17.2 Å². The number of hydrogen-bond donors (Lipinski definition) is 0. The molecule has 158 valence electrons. The van der Waals surface area contributed by atoms with Gasteiger partial charge in [0.2, 0.25) is 5.89 Å². The fraction of sp³-hybridized carbons (Fsp3) is 0.421. The topological polar surface area (TPSA) is 89.9 Å². The summed E-state index contributed by atoms with van der Waals surface area (Å²) in [5.74, 6) is -0.782. The monoisotopic (exact) mass is 420 g/mol. The molecule has 1 aromatic carbocycles. The Kier molecular flexibility index (Phi) is 5.27. The van der Waals surface area contributed by atoms with Gasteiger partial charge in [0.1, 0.15) is 6.42 Å². The third-order valence-corrected chi connectivity index (χ3v) is 5.11. The molecule has 1 fully saturated rings. The molecule has 11 heteroatoms. The van der Waals surface area contributed by atoms with Crippen LogP contribution in [0.1, 0.15) is 47.8 Å². The lowest BCUT2D eigenvalue weighted by Crippen LogP contribution is -2.45. The summed E-state index contributed by atoms with van der Waals surface area (Å²) >= 11 is 0. The lowest BCUT2D eigenvalue weighted by Gasteiger charge is -2.37. The van der Waals surface area contributed by atoms with E-state index in [2.05, 4.69) is 20.3 Å². The number of carbonyl (C=O) groups excluding carboxylic acids is 1. The van der Waals surface area contributed by atoms with Gasteiger partial charge < -0.3 is 9.42 Å². The molecular weight excluding hydrogens is 401 g/mol. The highest BCUT2D eigenvalue weighted by molar-refractivity contribution is 5.98. The Balaban J connectivity index is 1.56. The summed E-state index contributed by atoms with van der Waals surface area (Å²) < 4.78 is 42.4. The first-order valence-corrected chi connectivity index (χ1v) is 9.48. The third kappa shape index (κ3) is 4.19. The number of halogens is 3. The van der Waals surface area contributed by atoms with Crippen LogP contribution in [0.3, 0.4) is 0 Å². The second-order valence-electron chi connectivity index (χ2n) is 7.25. The standard InChI is InChI=1S/C19H19F3N6O2/c1-12-6-7-13(17-25-16(30-26-17)10-19(20,21)22)11-27(12)18(29)14-4-2-3-5-15(14)28-23-8-9-24-28/h2-5,8-9,12-13H,6-7,10-11H2,1H3/t12-,13?/m1/s1. The summed E-state index contributed by atoms with van der Waals surface area (Å²) in [6, 6.07) is 6.96. The van der Waals surface area contributed by atoms with Crippen molar-refractivity contribution in [2.45, 2.75) is 44.3 Å². The summed E-state index contributed by atoms with van der Waals surface area (Å²) in [4.78, 5) is 20.3. The molecule has 0 aliphatic carbocycles. The van der Waals surface area contributed by atoms with Crippen LogP contribution in [-0.2, 0) is 6.42 Å². The van der Waals surface area contributed by atoms with Crippen molar-refractivity contribution in [2.24, 2.45) is 0 Å². The van der Waals surface area contributed by atoms with Crippen LogP contribution >= 0.6 is 0 Å². The third-order valence-electron chi connectivity index (χ3n) is 5.11. The van der Waals surface area contributed by atoms with Crippen LogP contribution in [0.4, 0.5) is 13.2 Å². The second kappa shape index (κ2) is 7.88. The second-order valence-corrected chi connectivity index (χ2v) is 7.25. The van der Waals surface area contributed by atoms with Crippen molar-refractivity contribution in [1.82, 2.24) is 30.0 Å². The molecule has 1 aliphatic rings. The van der Waals surface area contributed by atoms with E-state index in [9.17, 15) is 18.0 Å². The van der Waals surface area contributed by atoms with Crippen molar-refractivity contribution in [3.8, 4) is 5.69 Å². The van der Waals surface area contributed by atoms with E-state index in [0.29, 0.717) is 24.1 Å². The Hall–Kier alpha value is -3.24. The van der Waals surface area contributed by atoms with Crippen molar-refractivity contribution in [2.75, 3.05) is 6.54 Å². The minimum absolute atomic E-state index is 0.0473. The maximum atomic E-state index is 13.3. The summed E-state index contributed by atoms with van der Waals surface area (Å²) in [6.45, 7) is 2.22. The van der Waals surface area contributed by atoms with Crippen molar-refractivity contribution < 1.29 is 22.5 Å². The molecule has 1 unspecified atom stereocenters. The van der Waals surface area contributed by atoms with Gasteiger partial charge in [0.25, 0.3) is 5.91 Å². The lowest BCUT2D eigenvalue weighted by molar-refractivity contribution is -0.131. The number of para-hydroxylation sites is 1. The Morgan fingerprint density at radius 3 is 2.67 bits per heavy atom. The van der Waals surface area contributed by atoms with E-state index in [1.807, 2.05) is 6.92 Å². The van der Waals surface area contributed by atoms with Gasteiger partial charge in [-0.25, -0.2) is 0 Å². The summed E-state index contributed by atoms with van der Waals surface area (Å²) in [7, 11) is 0. The molecule has 1 saturated heterocycles. The molecule has 8 nitrogen and oxygen atoms in total. The predicted octanol–water partition coefficient (Wildman–Crippen LogP) is 3.16. The molecule has 0 spiro atoms. The molecule has 1 aliphatic heterocycles. The van der Waals surface area contributed by atoms with Gasteiger partial charge in [-0.3, -0.25) is 4.79 Å². The number of alkyl halides is 3. The summed E-state index contributed by atoms with van der Waals surface area (Å²) in [5.41, 5.74) is 0.987. The predicted molar refractivity (Wildman–Crippen MR) is 97.9 cm³/mol. The van der Waals surface area contributed by atoms with Gasteiger partial charge in [-0.15, -0.1) is 0 Å². The average molecular weight is 420 g/mol. The zero-order valence-electron chi connectivity index (χ0n) is 16.1. The average Bonchev–Trinajstić information content (AvgIpc) is 3.39. The molecule has 2 atom stereocenters. The smallest absolute Gasteiger partial charge is 0.339 e. The van der Waals surface area contributed by atoms with Gasteiger partial charge in [0.05, 0.1) is 23.6 Å². The minimum Gasteiger partial charge on any atom is -0.339 e. The number of nitrogens with zero attached hydrogens (tertiary/aromatic N) is 6. The Morgan fingerprint density at radius 2 is 1.93 bits per heavy atom. The van der Waals surface area contributed by atoms with Gasteiger partial charge in [0, 0.05) is 18.5 Å². The largest absolute Gasteiger partial charge is 0.397 e. The molecule has 2 aromatic heterocycles. The number of hydrogen-bond acceptors (Lipinski definition) is 6. The minimum atomic E-state index is -4.42. The maximum Gasteiger partial charge on any atom is 0.397 e. The first-order chi connectivity index (χ1) is 14.3. The number of amides is 1.